The summed E-state index contributed by atoms with van der Waals surface area (Å²) in [6.45, 7) is 8.87. The summed E-state index contributed by atoms with van der Waals surface area (Å²) in [5, 5.41) is 1.25. The SMILES string of the molecule is Cc1ccc2[nH]c(C3CCCN(C(=O)C(C)N4CCOCC4)C3)c(-c3ccncc3)c2c1. The molecule has 3 aromatic rings. The summed E-state index contributed by atoms with van der Waals surface area (Å²) in [7, 11) is 0. The van der Waals surface area contributed by atoms with Crippen LogP contribution in [0.3, 0.4) is 0 Å². The van der Waals surface area contributed by atoms with Crippen molar-refractivity contribution >= 4 is 16.8 Å². The number of carbonyl (C=O) groups is 1. The molecular weight excluding hydrogens is 400 g/mol. The highest BCUT2D eigenvalue weighted by Gasteiger charge is 2.32. The number of H-pyrrole nitrogens is 1. The molecule has 2 saturated heterocycles. The molecule has 0 spiro atoms. The molecule has 0 bridgehead atoms. The van der Waals surface area contributed by atoms with Crippen LogP contribution in [0, 0.1) is 6.92 Å². The first kappa shape index (κ1) is 21.2. The average molecular weight is 433 g/mol. The van der Waals surface area contributed by atoms with Crippen LogP contribution < -0.4 is 0 Å². The lowest BCUT2D eigenvalue weighted by atomic mass is 9.89. The Labute approximate surface area is 189 Å². The molecule has 1 aromatic carbocycles. The number of aryl methyl sites for hydroxylation is 1. The van der Waals surface area contributed by atoms with E-state index in [9.17, 15) is 4.79 Å². The Balaban J connectivity index is 1.45. The van der Waals surface area contributed by atoms with Crippen LogP contribution in [0.4, 0.5) is 0 Å². The highest BCUT2D eigenvalue weighted by Crippen LogP contribution is 2.39. The fraction of sp³-hybridized carbons (Fsp3) is 0.462. The Morgan fingerprint density at radius 3 is 2.72 bits per heavy atom. The molecule has 6 nitrogen and oxygen atoms in total. The second-order valence-electron chi connectivity index (χ2n) is 9.15. The first-order valence-electron chi connectivity index (χ1n) is 11.7. The van der Waals surface area contributed by atoms with Gasteiger partial charge >= 0.3 is 0 Å². The number of aromatic amines is 1. The van der Waals surface area contributed by atoms with Gasteiger partial charge in [-0.15, -0.1) is 0 Å². The van der Waals surface area contributed by atoms with Gasteiger partial charge < -0.3 is 14.6 Å². The minimum atomic E-state index is -0.0947. The van der Waals surface area contributed by atoms with Crippen molar-refractivity contribution in [3.8, 4) is 11.1 Å². The number of aromatic nitrogens is 2. The molecule has 168 valence electrons. The maximum absolute atomic E-state index is 13.4. The van der Waals surface area contributed by atoms with Crippen molar-refractivity contribution in [3.05, 3.63) is 54.0 Å². The number of morpholine rings is 1. The molecule has 2 atom stereocenters. The first-order valence-corrected chi connectivity index (χ1v) is 11.7. The smallest absolute Gasteiger partial charge is 0.239 e. The largest absolute Gasteiger partial charge is 0.379 e. The number of carbonyl (C=O) groups excluding carboxylic acids is 1. The van der Waals surface area contributed by atoms with Gasteiger partial charge in [-0.1, -0.05) is 11.6 Å². The minimum absolute atomic E-state index is 0.0947. The molecule has 1 N–H and O–H groups in total. The van der Waals surface area contributed by atoms with Gasteiger partial charge in [0.15, 0.2) is 0 Å². The maximum atomic E-state index is 13.4. The van der Waals surface area contributed by atoms with Crippen LogP contribution in [-0.4, -0.2) is 71.1 Å². The van der Waals surface area contributed by atoms with Crippen LogP contribution in [0.2, 0.25) is 0 Å². The van der Waals surface area contributed by atoms with Crippen molar-refractivity contribution in [2.75, 3.05) is 39.4 Å². The van der Waals surface area contributed by atoms with Gasteiger partial charge in [-0.05, 0) is 56.5 Å². The second kappa shape index (κ2) is 9.04. The van der Waals surface area contributed by atoms with E-state index < -0.39 is 0 Å². The molecule has 2 aliphatic heterocycles. The number of amides is 1. The molecule has 2 aliphatic rings. The Hall–Kier alpha value is -2.70. The number of nitrogens with zero attached hydrogens (tertiary/aromatic N) is 3. The van der Waals surface area contributed by atoms with E-state index in [0.717, 1.165) is 44.5 Å². The molecule has 32 heavy (non-hydrogen) atoms. The Morgan fingerprint density at radius 1 is 1.16 bits per heavy atom. The lowest BCUT2D eigenvalue weighted by Crippen LogP contribution is -2.52. The highest BCUT2D eigenvalue weighted by molar-refractivity contribution is 5.98. The van der Waals surface area contributed by atoms with Gasteiger partial charge in [-0.3, -0.25) is 14.7 Å². The Morgan fingerprint density at radius 2 is 1.94 bits per heavy atom. The second-order valence-corrected chi connectivity index (χ2v) is 9.15. The fourth-order valence-electron chi connectivity index (χ4n) is 5.26. The van der Waals surface area contributed by atoms with Crippen LogP contribution in [0.1, 0.15) is 36.9 Å². The number of ether oxygens (including phenoxy) is 1. The summed E-state index contributed by atoms with van der Waals surface area (Å²) in [4.78, 5) is 25.7. The lowest BCUT2D eigenvalue weighted by Gasteiger charge is -2.38. The van der Waals surface area contributed by atoms with Crippen molar-refractivity contribution in [1.82, 2.24) is 19.8 Å². The third kappa shape index (κ3) is 4.05. The molecule has 2 fully saturated rings. The lowest BCUT2D eigenvalue weighted by molar-refractivity contribution is -0.139. The Bertz CT molecular complexity index is 1090. The quantitative estimate of drug-likeness (QED) is 0.678. The van der Waals surface area contributed by atoms with Gasteiger partial charge in [0.1, 0.15) is 0 Å². The number of fused-ring (bicyclic) bond motifs is 1. The maximum Gasteiger partial charge on any atom is 0.239 e. The standard InChI is InChI=1S/C26H32N4O2/c1-18-5-6-23-22(16-18)24(20-7-9-27-10-8-20)25(28-23)21-4-3-11-30(17-21)26(31)19(2)29-12-14-32-15-13-29/h5-10,16,19,21,28H,3-4,11-15,17H2,1-2H3. The van der Waals surface area contributed by atoms with Gasteiger partial charge in [0.2, 0.25) is 5.91 Å². The van der Waals surface area contributed by atoms with Crippen molar-refractivity contribution in [3.63, 3.8) is 0 Å². The van der Waals surface area contributed by atoms with Gasteiger partial charge in [-0.25, -0.2) is 0 Å². The third-order valence-corrected chi connectivity index (χ3v) is 7.04. The molecule has 0 saturated carbocycles. The number of hydrogen-bond acceptors (Lipinski definition) is 4. The summed E-state index contributed by atoms with van der Waals surface area (Å²) in [6, 6.07) is 10.7. The summed E-state index contributed by atoms with van der Waals surface area (Å²) in [6.07, 6.45) is 5.82. The van der Waals surface area contributed by atoms with Crippen LogP contribution in [0.5, 0.6) is 0 Å². The van der Waals surface area contributed by atoms with E-state index in [4.69, 9.17) is 4.74 Å². The minimum Gasteiger partial charge on any atom is -0.379 e. The number of benzene rings is 1. The van der Waals surface area contributed by atoms with Crippen LogP contribution in [-0.2, 0) is 9.53 Å². The molecule has 2 unspecified atom stereocenters. The molecule has 4 heterocycles. The van der Waals surface area contributed by atoms with Gasteiger partial charge in [0, 0.05) is 66.7 Å². The van der Waals surface area contributed by atoms with E-state index in [2.05, 4.69) is 57.0 Å². The predicted molar refractivity (Wildman–Crippen MR) is 127 cm³/mol. The zero-order chi connectivity index (χ0) is 22.1. The third-order valence-electron chi connectivity index (χ3n) is 7.04. The van der Waals surface area contributed by atoms with E-state index >= 15 is 0 Å². The highest BCUT2D eigenvalue weighted by atomic mass is 16.5. The summed E-state index contributed by atoms with van der Waals surface area (Å²) >= 11 is 0. The number of rotatable bonds is 4. The van der Waals surface area contributed by atoms with Gasteiger partial charge in [-0.2, -0.15) is 0 Å². The molecule has 5 rings (SSSR count). The van der Waals surface area contributed by atoms with E-state index in [0.29, 0.717) is 19.1 Å². The number of hydrogen-bond donors (Lipinski definition) is 1. The van der Waals surface area contributed by atoms with Crippen molar-refractivity contribution in [2.24, 2.45) is 0 Å². The number of pyridine rings is 1. The van der Waals surface area contributed by atoms with Crippen molar-refractivity contribution in [1.29, 1.82) is 0 Å². The Kier molecular flexibility index (Phi) is 5.98. The van der Waals surface area contributed by atoms with Gasteiger partial charge in [0.25, 0.3) is 0 Å². The van der Waals surface area contributed by atoms with E-state index in [1.54, 1.807) is 0 Å². The summed E-state index contributed by atoms with van der Waals surface area (Å²) in [5.74, 6) is 0.537. The summed E-state index contributed by atoms with van der Waals surface area (Å²) < 4.78 is 5.47. The van der Waals surface area contributed by atoms with Crippen molar-refractivity contribution in [2.45, 2.75) is 38.6 Å². The van der Waals surface area contributed by atoms with E-state index in [1.165, 1.54) is 27.8 Å². The number of nitrogens with one attached hydrogen (secondary N) is 1. The zero-order valence-electron chi connectivity index (χ0n) is 19.0. The van der Waals surface area contributed by atoms with E-state index in [-0.39, 0.29) is 11.9 Å². The van der Waals surface area contributed by atoms with Gasteiger partial charge in [0.05, 0.1) is 19.3 Å². The molecule has 0 radical (unpaired) electrons. The van der Waals surface area contributed by atoms with Crippen LogP contribution in [0.15, 0.2) is 42.7 Å². The molecule has 1 amide bonds. The molecule has 6 heteroatoms. The fourth-order valence-corrected chi connectivity index (χ4v) is 5.26. The molecule has 2 aromatic heterocycles. The monoisotopic (exact) mass is 432 g/mol. The molecular formula is C26H32N4O2. The zero-order valence-corrected chi connectivity index (χ0v) is 19.0. The van der Waals surface area contributed by atoms with Crippen LogP contribution >= 0.6 is 0 Å². The summed E-state index contributed by atoms with van der Waals surface area (Å²) in [5.41, 5.74) is 6.08. The van der Waals surface area contributed by atoms with E-state index in [1.807, 2.05) is 19.3 Å². The van der Waals surface area contributed by atoms with Crippen molar-refractivity contribution < 1.29 is 9.53 Å². The average Bonchev–Trinajstić information content (AvgIpc) is 3.23. The molecule has 0 aliphatic carbocycles. The normalized spacial score (nSPS) is 21.1. The van der Waals surface area contributed by atoms with Crippen LogP contribution in [0.25, 0.3) is 22.0 Å². The number of piperidine rings is 1. The topological polar surface area (TPSA) is 61.5 Å². The predicted octanol–water partition coefficient (Wildman–Crippen LogP) is 3.97. The first-order chi connectivity index (χ1) is 15.6. The number of likely N-dealkylation sites (tertiary alicyclic amines) is 1.